The van der Waals surface area contributed by atoms with Gasteiger partial charge in [-0.2, -0.15) is 0 Å². The second kappa shape index (κ2) is 9.64. The van der Waals surface area contributed by atoms with Crippen molar-refractivity contribution in [2.24, 2.45) is 5.92 Å². The highest BCUT2D eigenvalue weighted by Gasteiger charge is 2.36. The Labute approximate surface area is 90.1 Å². The van der Waals surface area contributed by atoms with Gasteiger partial charge in [0.15, 0.2) is 0 Å². The van der Waals surface area contributed by atoms with Gasteiger partial charge in [0.1, 0.15) is 0 Å². The van der Waals surface area contributed by atoms with Crippen LogP contribution in [-0.4, -0.2) is 30.1 Å². The van der Waals surface area contributed by atoms with E-state index in [1.54, 1.807) is 21.3 Å². The summed E-state index contributed by atoms with van der Waals surface area (Å²) in [5.41, 5.74) is 0. The van der Waals surface area contributed by atoms with Crippen LogP contribution < -0.4 is 0 Å². The molecule has 0 atom stereocenters. The van der Waals surface area contributed by atoms with Crippen LogP contribution in [0, 0.1) is 12.8 Å². The average molecular weight is 221 g/mol. The van der Waals surface area contributed by atoms with E-state index in [4.69, 9.17) is 13.3 Å². The standard InChI is InChI=1S/C6H16O3Si.C4H9/c1-5-6-10(7-2,8-3)9-4;1-4(2)3/h5-6H2,1-4H3;4H,1H2,2-3H3. The summed E-state index contributed by atoms with van der Waals surface area (Å²) >= 11 is 0. The lowest BCUT2D eigenvalue weighted by Gasteiger charge is -2.23. The Hall–Kier alpha value is 0.0969. The third-order valence-corrected chi connectivity index (χ3v) is 4.47. The minimum atomic E-state index is -2.22. The van der Waals surface area contributed by atoms with Crippen LogP contribution in [0.15, 0.2) is 0 Å². The Morgan fingerprint density at radius 1 is 1.07 bits per heavy atom. The Balaban J connectivity index is 0. The van der Waals surface area contributed by atoms with E-state index in [1.807, 2.05) is 0 Å². The molecule has 0 aromatic rings. The number of hydrogen-bond acceptors (Lipinski definition) is 3. The first kappa shape index (κ1) is 16.5. The van der Waals surface area contributed by atoms with Crippen LogP contribution >= 0.6 is 0 Å². The van der Waals surface area contributed by atoms with Gasteiger partial charge in [-0.3, -0.25) is 0 Å². The first-order valence-electron chi connectivity index (χ1n) is 4.96. The van der Waals surface area contributed by atoms with E-state index in [1.165, 1.54) is 0 Å². The molecule has 0 heterocycles. The van der Waals surface area contributed by atoms with Gasteiger partial charge in [-0.25, -0.2) is 0 Å². The number of hydrogen-bond donors (Lipinski definition) is 0. The summed E-state index contributed by atoms with van der Waals surface area (Å²) in [4.78, 5) is 0. The van der Waals surface area contributed by atoms with E-state index in [0.29, 0.717) is 5.92 Å². The van der Waals surface area contributed by atoms with Crippen molar-refractivity contribution in [3.05, 3.63) is 6.92 Å². The molecule has 0 N–H and O–H groups in total. The van der Waals surface area contributed by atoms with Crippen LogP contribution in [0.25, 0.3) is 0 Å². The lowest BCUT2D eigenvalue weighted by atomic mass is 10.3. The lowest BCUT2D eigenvalue weighted by Crippen LogP contribution is -2.42. The Kier molecular flexibility index (Phi) is 11.4. The molecular formula is C10H25O3Si. The maximum atomic E-state index is 5.17. The molecule has 0 aromatic heterocycles. The normalized spacial score (nSPS) is 11.1. The summed E-state index contributed by atoms with van der Waals surface area (Å²) in [5, 5.41) is 0. The molecule has 0 aliphatic rings. The molecule has 0 saturated heterocycles. The molecule has 0 spiro atoms. The van der Waals surface area contributed by atoms with Crippen molar-refractivity contribution in [2.75, 3.05) is 21.3 Å². The molecule has 0 fully saturated rings. The summed E-state index contributed by atoms with van der Waals surface area (Å²) in [6.07, 6.45) is 1.03. The minimum Gasteiger partial charge on any atom is -0.377 e. The lowest BCUT2D eigenvalue weighted by molar-refractivity contribution is 0.123. The van der Waals surface area contributed by atoms with E-state index in [2.05, 4.69) is 27.7 Å². The van der Waals surface area contributed by atoms with Crippen LogP contribution in [0.2, 0.25) is 6.04 Å². The Morgan fingerprint density at radius 3 is 1.43 bits per heavy atom. The molecule has 0 bridgehead atoms. The minimum absolute atomic E-state index is 0.583. The van der Waals surface area contributed by atoms with Crippen LogP contribution in [0.5, 0.6) is 0 Å². The molecule has 4 heteroatoms. The summed E-state index contributed by atoms with van der Waals surface area (Å²) in [6, 6.07) is 0.885. The SMILES string of the molecule is CCC[Si](OC)(OC)OC.[CH2]C(C)C. The topological polar surface area (TPSA) is 27.7 Å². The largest absolute Gasteiger partial charge is 0.500 e. The van der Waals surface area contributed by atoms with Crippen molar-refractivity contribution in [3.63, 3.8) is 0 Å². The van der Waals surface area contributed by atoms with Crippen molar-refractivity contribution in [1.29, 1.82) is 0 Å². The summed E-state index contributed by atoms with van der Waals surface area (Å²) in [7, 11) is 2.68. The average Bonchev–Trinajstić information content (AvgIpc) is 2.14. The van der Waals surface area contributed by atoms with E-state index in [9.17, 15) is 0 Å². The van der Waals surface area contributed by atoms with Gasteiger partial charge in [-0.1, -0.05) is 34.1 Å². The predicted octanol–water partition coefficient (Wildman–Crippen LogP) is 2.75. The van der Waals surface area contributed by atoms with Crippen LogP contribution in [0.4, 0.5) is 0 Å². The zero-order valence-corrected chi connectivity index (χ0v) is 11.4. The third kappa shape index (κ3) is 8.68. The molecule has 0 unspecified atom stereocenters. The summed E-state index contributed by atoms with van der Waals surface area (Å²) in [6.45, 7) is 9.83. The first-order chi connectivity index (χ1) is 6.47. The third-order valence-electron chi connectivity index (χ3n) is 1.49. The van der Waals surface area contributed by atoms with Crippen molar-refractivity contribution >= 4 is 8.80 Å². The summed E-state index contributed by atoms with van der Waals surface area (Å²) in [5.74, 6) is 0.583. The van der Waals surface area contributed by atoms with Gasteiger partial charge in [0.25, 0.3) is 0 Å². The van der Waals surface area contributed by atoms with E-state index in [-0.39, 0.29) is 0 Å². The first-order valence-corrected chi connectivity index (χ1v) is 6.89. The second-order valence-corrected chi connectivity index (χ2v) is 6.53. The van der Waals surface area contributed by atoms with Crippen LogP contribution in [0.3, 0.4) is 0 Å². The number of rotatable bonds is 5. The summed E-state index contributed by atoms with van der Waals surface area (Å²) < 4.78 is 15.5. The molecular weight excluding hydrogens is 196 g/mol. The maximum Gasteiger partial charge on any atom is 0.500 e. The molecule has 0 aliphatic carbocycles. The zero-order valence-electron chi connectivity index (χ0n) is 10.4. The Bertz CT molecular complexity index is 103. The predicted molar refractivity (Wildman–Crippen MR) is 62.1 cm³/mol. The molecule has 0 aliphatic heterocycles. The molecule has 0 rings (SSSR count). The highest BCUT2D eigenvalue weighted by Crippen LogP contribution is 2.13. The molecule has 1 radical (unpaired) electrons. The molecule has 87 valence electrons. The maximum absolute atomic E-state index is 5.17. The fraction of sp³-hybridized carbons (Fsp3) is 0.900. The van der Waals surface area contributed by atoms with E-state index >= 15 is 0 Å². The van der Waals surface area contributed by atoms with Gasteiger partial charge in [-0.15, -0.1) is 0 Å². The molecule has 14 heavy (non-hydrogen) atoms. The fourth-order valence-electron chi connectivity index (χ4n) is 0.862. The molecule has 0 aromatic carbocycles. The van der Waals surface area contributed by atoms with E-state index in [0.717, 1.165) is 12.5 Å². The van der Waals surface area contributed by atoms with Gasteiger partial charge in [-0.05, 0) is 5.92 Å². The smallest absolute Gasteiger partial charge is 0.377 e. The van der Waals surface area contributed by atoms with Gasteiger partial charge in [0.05, 0.1) is 0 Å². The molecule has 0 amide bonds. The quantitative estimate of drug-likeness (QED) is 0.668. The molecule has 3 nitrogen and oxygen atoms in total. The monoisotopic (exact) mass is 221 g/mol. The van der Waals surface area contributed by atoms with E-state index < -0.39 is 8.80 Å². The van der Waals surface area contributed by atoms with Crippen molar-refractivity contribution in [3.8, 4) is 0 Å². The fourth-order valence-corrected chi connectivity index (χ4v) is 2.59. The van der Waals surface area contributed by atoms with Gasteiger partial charge < -0.3 is 13.3 Å². The van der Waals surface area contributed by atoms with Gasteiger partial charge in [0, 0.05) is 27.4 Å². The van der Waals surface area contributed by atoms with Crippen LogP contribution in [0.1, 0.15) is 27.2 Å². The van der Waals surface area contributed by atoms with Gasteiger partial charge in [0.2, 0.25) is 0 Å². The van der Waals surface area contributed by atoms with Crippen molar-refractivity contribution in [2.45, 2.75) is 33.2 Å². The molecule has 0 saturated carbocycles. The van der Waals surface area contributed by atoms with Crippen molar-refractivity contribution in [1.82, 2.24) is 0 Å². The van der Waals surface area contributed by atoms with Crippen molar-refractivity contribution < 1.29 is 13.3 Å². The highest BCUT2D eigenvalue weighted by atomic mass is 28.4. The van der Waals surface area contributed by atoms with Gasteiger partial charge >= 0.3 is 8.80 Å². The second-order valence-electron chi connectivity index (χ2n) is 3.44. The zero-order chi connectivity index (χ0) is 11.6. The van der Waals surface area contributed by atoms with Crippen LogP contribution in [-0.2, 0) is 13.3 Å². The Morgan fingerprint density at radius 2 is 1.36 bits per heavy atom. The highest BCUT2D eigenvalue weighted by molar-refractivity contribution is 6.60.